The molecule has 17 heavy (non-hydrogen) atoms. The maximum Gasteiger partial charge on any atom is 0.407 e. The van der Waals surface area contributed by atoms with Crippen LogP contribution in [0.5, 0.6) is 0 Å². The van der Waals surface area contributed by atoms with Crippen LogP contribution in [0, 0.1) is 0 Å². The molecule has 0 saturated carbocycles. The van der Waals surface area contributed by atoms with Gasteiger partial charge in [-0.2, -0.15) is 0 Å². The first kappa shape index (κ1) is 13.5. The van der Waals surface area contributed by atoms with Crippen molar-refractivity contribution in [2.75, 3.05) is 6.54 Å². The van der Waals surface area contributed by atoms with E-state index in [9.17, 15) is 9.59 Å². The quantitative estimate of drug-likeness (QED) is 0.874. The molecule has 0 radical (unpaired) electrons. The molecular weight excluding hydrogens is 290 g/mol. The number of carbonyl (C=O) groups is 2. The Morgan fingerprint density at radius 1 is 1.29 bits per heavy atom. The van der Waals surface area contributed by atoms with Crippen LogP contribution >= 0.6 is 15.9 Å². The summed E-state index contributed by atoms with van der Waals surface area (Å²) in [5, 5.41) is 10.7. The number of hydrogen-bond donors (Lipinski definition) is 2. The maximum absolute atomic E-state index is 11.1. The molecule has 0 aliphatic carbocycles. The monoisotopic (exact) mass is 301 g/mol. The van der Waals surface area contributed by atoms with Crippen LogP contribution < -0.4 is 5.32 Å². The molecule has 0 spiro atoms. The predicted molar refractivity (Wildman–Crippen MR) is 64.6 cm³/mol. The van der Waals surface area contributed by atoms with E-state index in [4.69, 9.17) is 9.84 Å². The van der Waals surface area contributed by atoms with E-state index in [1.165, 1.54) is 0 Å². The van der Waals surface area contributed by atoms with E-state index >= 15 is 0 Å². The minimum Gasteiger partial charge on any atom is -0.481 e. The van der Waals surface area contributed by atoms with Gasteiger partial charge in [-0.05, 0) is 17.7 Å². The van der Waals surface area contributed by atoms with Crippen LogP contribution in [0.1, 0.15) is 12.0 Å². The average Bonchev–Trinajstić information content (AvgIpc) is 2.28. The maximum atomic E-state index is 11.1. The molecule has 1 aromatic carbocycles. The minimum absolute atomic E-state index is 0.0640. The normalized spacial score (nSPS) is 9.71. The number of rotatable bonds is 5. The molecule has 2 N–H and O–H groups in total. The second-order valence-electron chi connectivity index (χ2n) is 3.27. The molecule has 1 rings (SSSR count). The molecule has 0 unspecified atom stereocenters. The summed E-state index contributed by atoms with van der Waals surface area (Å²) in [6, 6.07) is 7.35. The van der Waals surface area contributed by atoms with Gasteiger partial charge in [0.15, 0.2) is 0 Å². The average molecular weight is 302 g/mol. The van der Waals surface area contributed by atoms with Crippen molar-refractivity contribution < 1.29 is 19.4 Å². The van der Waals surface area contributed by atoms with E-state index in [0.29, 0.717) is 0 Å². The van der Waals surface area contributed by atoms with Crippen LogP contribution in [-0.2, 0) is 16.1 Å². The van der Waals surface area contributed by atoms with Crippen LogP contribution in [0.25, 0.3) is 0 Å². The first-order valence-electron chi connectivity index (χ1n) is 4.95. The number of carboxylic acids is 1. The summed E-state index contributed by atoms with van der Waals surface area (Å²) in [5.41, 5.74) is 0.863. The van der Waals surface area contributed by atoms with Crippen molar-refractivity contribution >= 4 is 28.0 Å². The van der Waals surface area contributed by atoms with Crippen LogP contribution in [-0.4, -0.2) is 23.7 Å². The number of carbonyl (C=O) groups excluding carboxylic acids is 1. The van der Waals surface area contributed by atoms with Gasteiger partial charge in [0.05, 0.1) is 6.42 Å². The van der Waals surface area contributed by atoms with Crippen molar-refractivity contribution in [3.8, 4) is 0 Å². The number of ether oxygens (including phenoxy) is 1. The number of nitrogens with one attached hydrogen (secondary N) is 1. The third kappa shape index (κ3) is 5.91. The number of carboxylic acid groups (broad SMARTS) is 1. The fourth-order valence-corrected chi connectivity index (χ4v) is 1.32. The van der Waals surface area contributed by atoms with Crippen LogP contribution in [0.2, 0.25) is 0 Å². The minimum atomic E-state index is -0.960. The fourth-order valence-electron chi connectivity index (χ4n) is 1.05. The van der Waals surface area contributed by atoms with Crippen molar-refractivity contribution in [1.82, 2.24) is 5.32 Å². The predicted octanol–water partition coefficient (Wildman–Crippen LogP) is 2.15. The zero-order valence-corrected chi connectivity index (χ0v) is 10.6. The summed E-state index contributed by atoms with van der Waals surface area (Å²) in [6.45, 7) is 0.223. The Bertz CT molecular complexity index is 391. The summed E-state index contributed by atoms with van der Waals surface area (Å²) in [4.78, 5) is 21.3. The molecule has 6 heteroatoms. The lowest BCUT2D eigenvalue weighted by Crippen LogP contribution is -2.26. The molecule has 5 nitrogen and oxygen atoms in total. The molecule has 0 heterocycles. The Morgan fingerprint density at radius 3 is 2.53 bits per heavy atom. The number of alkyl carbamates (subject to hydrolysis) is 1. The van der Waals surface area contributed by atoms with Gasteiger partial charge >= 0.3 is 12.1 Å². The third-order valence-corrected chi connectivity index (χ3v) is 2.42. The SMILES string of the molecule is O=C(O)CCNC(=O)OCc1ccc(Br)cc1. The van der Waals surface area contributed by atoms with Gasteiger partial charge in [0.1, 0.15) is 6.61 Å². The van der Waals surface area contributed by atoms with E-state index in [2.05, 4.69) is 21.2 Å². The molecule has 0 bridgehead atoms. The smallest absolute Gasteiger partial charge is 0.407 e. The first-order chi connectivity index (χ1) is 8.08. The van der Waals surface area contributed by atoms with E-state index in [0.717, 1.165) is 10.0 Å². The molecule has 0 aromatic heterocycles. The van der Waals surface area contributed by atoms with Crippen molar-refractivity contribution in [2.45, 2.75) is 13.0 Å². The third-order valence-electron chi connectivity index (χ3n) is 1.89. The summed E-state index contributed by atoms with van der Waals surface area (Å²) in [5.74, 6) is -0.960. The lowest BCUT2D eigenvalue weighted by molar-refractivity contribution is -0.136. The topological polar surface area (TPSA) is 75.6 Å². The van der Waals surface area contributed by atoms with Gasteiger partial charge in [-0.15, -0.1) is 0 Å². The van der Waals surface area contributed by atoms with E-state index in [1.807, 2.05) is 24.3 Å². The summed E-state index contributed by atoms with van der Waals surface area (Å²) < 4.78 is 5.84. The van der Waals surface area contributed by atoms with Crippen molar-refractivity contribution in [3.63, 3.8) is 0 Å². The Hall–Kier alpha value is -1.56. The van der Waals surface area contributed by atoms with Crippen molar-refractivity contribution in [1.29, 1.82) is 0 Å². The lowest BCUT2D eigenvalue weighted by Gasteiger charge is -2.06. The highest BCUT2D eigenvalue weighted by Gasteiger charge is 2.03. The highest BCUT2D eigenvalue weighted by Crippen LogP contribution is 2.11. The number of benzene rings is 1. The molecule has 1 amide bonds. The number of aliphatic carboxylic acids is 1. The highest BCUT2D eigenvalue weighted by molar-refractivity contribution is 9.10. The first-order valence-corrected chi connectivity index (χ1v) is 5.74. The molecule has 0 fully saturated rings. The largest absolute Gasteiger partial charge is 0.481 e. The van der Waals surface area contributed by atoms with Gasteiger partial charge in [-0.25, -0.2) is 4.79 Å². The summed E-state index contributed by atoms with van der Waals surface area (Å²) in [6.07, 6.45) is -0.734. The summed E-state index contributed by atoms with van der Waals surface area (Å²) >= 11 is 3.30. The molecule has 0 saturated heterocycles. The van der Waals surface area contributed by atoms with Gasteiger partial charge in [0, 0.05) is 11.0 Å². The molecule has 0 aliphatic heterocycles. The lowest BCUT2D eigenvalue weighted by atomic mass is 10.2. The molecule has 0 atom stereocenters. The zero-order chi connectivity index (χ0) is 12.7. The van der Waals surface area contributed by atoms with E-state index in [-0.39, 0.29) is 19.6 Å². The van der Waals surface area contributed by atoms with Crippen LogP contribution in [0.4, 0.5) is 4.79 Å². The molecule has 1 aromatic rings. The summed E-state index contributed by atoms with van der Waals surface area (Å²) in [7, 11) is 0. The number of amides is 1. The Balaban J connectivity index is 2.23. The molecule has 92 valence electrons. The molecular formula is C11H12BrNO4. The number of halogens is 1. The van der Waals surface area contributed by atoms with Gasteiger partial charge in [0.25, 0.3) is 0 Å². The fraction of sp³-hybridized carbons (Fsp3) is 0.273. The van der Waals surface area contributed by atoms with Gasteiger partial charge in [0.2, 0.25) is 0 Å². The van der Waals surface area contributed by atoms with Gasteiger partial charge in [-0.3, -0.25) is 4.79 Å². The van der Waals surface area contributed by atoms with Crippen molar-refractivity contribution in [2.24, 2.45) is 0 Å². The van der Waals surface area contributed by atoms with Crippen molar-refractivity contribution in [3.05, 3.63) is 34.3 Å². The van der Waals surface area contributed by atoms with Gasteiger partial charge < -0.3 is 15.2 Å². The second kappa shape index (κ2) is 6.90. The standard InChI is InChI=1S/C11H12BrNO4/c12-9-3-1-8(2-4-9)7-17-11(16)13-6-5-10(14)15/h1-4H,5-7H2,(H,13,16)(H,14,15). The number of hydrogen-bond acceptors (Lipinski definition) is 3. The van der Waals surface area contributed by atoms with Crippen LogP contribution in [0.3, 0.4) is 0 Å². The zero-order valence-electron chi connectivity index (χ0n) is 8.98. The van der Waals surface area contributed by atoms with E-state index < -0.39 is 12.1 Å². The Morgan fingerprint density at radius 2 is 1.94 bits per heavy atom. The van der Waals surface area contributed by atoms with Crippen LogP contribution in [0.15, 0.2) is 28.7 Å². The Kier molecular flexibility index (Phi) is 5.48. The van der Waals surface area contributed by atoms with Gasteiger partial charge in [-0.1, -0.05) is 28.1 Å². The second-order valence-corrected chi connectivity index (χ2v) is 4.19. The highest BCUT2D eigenvalue weighted by atomic mass is 79.9. The molecule has 0 aliphatic rings. The Labute approximate surface area is 107 Å². The van der Waals surface area contributed by atoms with E-state index in [1.54, 1.807) is 0 Å².